The zero-order valence-corrected chi connectivity index (χ0v) is 11.3. The molecule has 0 spiro atoms. The fourth-order valence-corrected chi connectivity index (χ4v) is 2.35. The minimum absolute atomic E-state index is 0.0844. The molecule has 1 aliphatic heterocycles. The minimum atomic E-state index is 0.0844. The summed E-state index contributed by atoms with van der Waals surface area (Å²) in [4.78, 5) is 16.1. The van der Waals surface area contributed by atoms with Crippen LogP contribution in [0.25, 0.3) is 0 Å². The van der Waals surface area contributed by atoms with Gasteiger partial charge in [-0.05, 0) is 12.8 Å². The molecule has 1 fully saturated rings. The maximum Gasteiger partial charge on any atom is 0.236 e. The van der Waals surface area contributed by atoms with Crippen LogP contribution in [0.3, 0.4) is 0 Å². The average molecular weight is 254 g/mol. The highest BCUT2D eigenvalue weighted by Gasteiger charge is 2.17. The van der Waals surface area contributed by atoms with E-state index in [1.165, 1.54) is 19.3 Å². The van der Waals surface area contributed by atoms with Crippen molar-refractivity contribution in [1.29, 1.82) is 0 Å². The standard InChI is InChI=1S/C14H26N2O2/c1-2-8-15(11-12-17)13-14(18)16-9-6-4-3-5-7-10-16/h2,17H,1,3-13H2. The summed E-state index contributed by atoms with van der Waals surface area (Å²) in [6, 6.07) is 0. The third-order valence-corrected chi connectivity index (χ3v) is 3.37. The Labute approximate surface area is 110 Å². The summed E-state index contributed by atoms with van der Waals surface area (Å²) in [7, 11) is 0. The first-order chi connectivity index (χ1) is 8.77. The molecule has 1 amide bonds. The molecule has 18 heavy (non-hydrogen) atoms. The van der Waals surface area contributed by atoms with Crippen molar-refractivity contribution in [3.63, 3.8) is 0 Å². The number of nitrogens with zero attached hydrogens (tertiary/aromatic N) is 2. The summed E-state index contributed by atoms with van der Waals surface area (Å²) in [6.07, 6.45) is 7.78. The smallest absolute Gasteiger partial charge is 0.236 e. The van der Waals surface area contributed by atoms with Crippen LogP contribution in [-0.2, 0) is 4.79 Å². The molecule has 0 aromatic carbocycles. The fourth-order valence-electron chi connectivity index (χ4n) is 2.35. The molecule has 0 aromatic heterocycles. The van der Waals surface area contributed by atoms with Crippen molar-refractivity contribution in [1.82, 2.24) is 9.80 Å². The van der Waals surface area contributed by atoms with Crippen molar-refractivity contribution in [2.75, 3.05) is 39.3 Å². The normalized spacial score (nSPS) is 17.3. The zero-order valence-electron chi connectivity index (χ0n) is 11.3. The van der Waals surface area contributed by atoms with Gasteiger partial charge in [0, 0.05) is 26.2 Å². The first-order valence-corrected chi connectivity index (χ1v) is 7.00. The van der Waals surface area contributed by atoms with E-state index in [0.717, 1.165) is 25.9 Å². The predicted molar refractivity (Wildman–Crippen MR) is 73.4 cm³/mol. The van der Waals surface area contributed by atoms with E-state index in [4.69, 9.17) is 5.11 Å². The molecule has 1 heterocycles. The summed E-state index contributed by atoms with van der Waals surface area (Å²) in [5.41, 5.74) is 0. The van der Waals surface area contributed by atoms with E-state index >= 15 is 0 Å². The first-order valence-electron chi connectivity index (χ1n) is 7.00. The molecule has 0 atom stereocenters. The summed E-state index contributed by atoms with van der Waals surface area (Å²) >= 11 is 0. The number of hydrogen-bond acceptors (Lipinski definition) is 3. The Morgan fingerprint density at radius 1 is 1.22 bits per heavy atom. The van der Waals surface area contributed by atoms with Gasteiger partial charge in [-0.15, -0.1) is 6.58 Å². The van der Waals surface area contributed by atoms with Crippen LogP contribution in [-0.4, -0.2) is 60.1 Å². The van der Waals surface area contributed by atoms with E-state index in [-0.39, 0.29) is 12.5 Å². The van der Waals surface area contributed by atoms with Gasteiger partial charge in [-0.2, -0.15) is 0 Å². The van der Waals surface area contributed by atoms with Gasteiger partial charge in [0.05, 0.1) is 13.2 Å². The maximum absolute atomic E-state index is 12.2. The summed E-state index contributed by atoms with van der Waals surface area (Å²) < 4.78 is 0. The van der Waals surface area contributed by atoms with Crippen LogP contribution in [0, 0.1) is 0 Å². The third-order valence-electron chi connectivity index (χ3n) is 3.37. The predicted octanol–water partition coefficient (Wildman–Crippen LogP) is 1.26. The van der Waals surface area contributed by atoms with Crippen LogP contribution in [0.5, 0.6) is 0 Å². The van der Waals surface area contributed by atoms with E-state index in [1.807, 2.05) is 9.80 Å². The molecule has 1 saturated heterocycles. The molecule has 1 rings (SSSR count). The second-order valence-electron chi connectivity index (χ2n) is 4.90. The zero-order chi connectivity index (χ0) is 13.2. The monoisotopic (exact) mass is 254 g/mol. The number of amides is 1. The quantitative estimate of drug-likeness (QED) is 0.726. The molecule has 4 nitrogen and oxygen atoms in total. The summed E-state index contributed by atoms with van der Waals surface area (Å²) in [5.74, 6) is 0.187. The highest BCUT2D eigenvalue weighted by Crippen LogP contribution is 2.10. The van der Waals surface area contributed by atoms with Crippen LogP contribution in [0.2, 0.25) is 0 Å². The maximum atomic E-state index is 12.2. The topological polar surface area (TPSA) is 43.8 Å². The van der Waals surface area contributed by atoms with Gasteiger partial charge in [0.2, 0.25) is 5.91 Å². The van der Waals surface area contributed by atoms with Crippen molar-refractivity contribution in [2.45, 2.75) is 32.1 Å². The van der Waals surface area contributed by atoms with E-state index in [9.17, 15) is 4.79 Å². The van der Waals surface area contributed by atoms with Gasteiger partial charge < -0.3 is 10.0 Å². The third kappa shape index (κ3) is 5.65. The molecule has 1 N–H and O–H groups in total. The van der Waals surface area contributed by atoms with Crippen LogP contribution < -0.4 is 0 Å². The van der Waals surface area contributed by atoms with Crippen molar-refractivity contribution in [3.05, 3.63) is 12.7 Å². The summed E-state index contributed by atoms with van der Waals surface area (Å²) in [6.45, 7) is 7.13. The number of carbonyl (C=O) groups is 1. The van der Waals surface area contributed by atoms with E-state index in [1.54, 1.807) is 6.08 Å². The molecule has 0 radical (unpaired) electrons. The highest BCUT2D eigenvalue weighted by molar-refractivity contribution is 5.78. The van der Waals surface area contributed by atoms with Gasteiger partial charge in [0.25, 0.3) is 0 Å². The average Bonchev–Trinajstić information content (AvgIpc) is 2.28. The van der Waals surface area contributed by atoms with Crippen molar-refractivity contribution in [3.8, 4) is 0 Å². The minimum Gasteiger partial charge on any atom is -0.395 e. The number of rotatable bonds is 6. The van der Waals surface area contributed by atoms with Gasteiger partial charge in [-0.3, -0.25) is 9.69 Å². The highest BCUT2D eigenvalue weighted by atomic mass is 16.3. The number of aliphatic hydroxyl groups excluding tert-OH is 1. The van der Waals surface area contributed by atoms with Gasteiger partial charge in [-0.1, -0.05) is 25.3 Å². The van der Waals surface area contributed by atoms with Crippen molar-refractivity contribution in [2.24, 2.45) is 0 Å². The Balaban J connectivity index is 2.41. The van der Waals surface area contributed by atoms with E-state index in [0.29, 0.717) is 19.6 Å². The fraction of sp³-hybridized carbons (Fsp3) is 0.786. The van der Waals surface area contributed by atoms with Crippen molar-refractivity contribution < 1.29 is 9.90 Å². The lowest BCUT2D eigenvalue weighted by Crippen LogP contribution is -2.42. The second-order valence-corrected chi connectivity index (χ2v) is 4.90. The lowest BCUT2D eigenvalue weighted by Gasteiger charge is -2.28. The molecule has 0 unspecified atom stereocenters. The largest absolute Gasteiger partial charge is 0.395 e. The molecule has 0 aromatic rings. The van der Waals surface area contributed by atoms with Gasteiger partial charge in [-0.25, -0.2) is 0 Å². The number of likely N-dealkylation sites (tertiary alicyclic amines) is 1. The first kappa shape index (κ1) is 15.2. The van der Waals surface area contributed by atoms with Crippen LogP contribution in [0.15, 0.2) is 12.7 Å². The molecule has 104 valence electrons. The van der Waals surface area contributed by atoms with Gasteiger partial charge in [0.1, 0.15) is 0 Å². The number of hydrogen-bond donors (Lipinski definition) is 1. The molecule has 0 bridgehead atoms. The SMILES string of the molecule is C=CCN(CCO)CC(=O)N1CCCCCCC1. The summed E-state index contributed by atoms with van der Waals surface area (Å²) in [5, 5.41) is 8.97. The van der Waals surface area contributed by atoms with E-state index < -0.39 is 0 Å². The molecular weight excluding hydrogens is 228 g/mol. The lowest BCUT2D eigenvalue weighted by atomic mass is 10.1. The van der Waals surface area contributed by atoms with Gasteiger partial charge >= 0.3 is 0 Å². The number of aliphatic hydroxyl groups is 1. The second kappa shape index (κ2) is 9.11. The van der Waals surface area contributed by atoms with Crippen LogP contribution >= 0.6 is 0 Å². The molecular formula is C14H26N2O2. The Bertz CT molecular complexity index is 248. The molecule has 4 heteroatoms. The van der Waals surface area contributed by atoms with E-state index in [2.05, 4.69) is 6.58 Å². The Kier molecular flexibility index (Phi) is 7.69. The number of carbonyl (C=O) groups excluding carboxylic acids is 1. The Hall–Kier alpha value is -0.870. The Morgan fingerprint density at radius 2 is 1.83 bits per heavy atom. The molecule has 0 saturated carbocycles. The van der Waals surface area contributed by atoms with Crippen LogP contribution in [0.1, 0.15) is 32.1 Å². The lowest BCUT2D eigenvalue weighted by molar-refractivity contribution is -0.132. The Morgan fingerprint density at radius 3 is 2.39 bits per heavy atom. The van der Waals surface area contributed by atoms with Crippen LogP contribution in [0.4, 0.5) is 0 Å². The van der Waals surface area contributed by atoms with Crippen molar-refractivity contribution >= 4 is 5.91 Å². The molecule has 0 aliphatic carbocycles. The van der Waals surface area contributed by atoms with Gasteiger partial charge in [0.15, 0.2) is 0 Å². The molecule has 1 aliphatic rings.